The van der Waals surface area contributed by atoms with E-state index in [1.54, 1.807) is 7.05 Å². The van der Waals surface area contributed by atoms with Crippen LogP contribution in [0.1, 0.15) is 10.4 Å². The number of hydrogen-bond donors (Lipinski definition) is 2. The van der Waals surface area contributed by atoms with E-state index in [-0.39, 0.29) is 11.5 Å². The highest BCUT2D eigenvalue weighted by molar-refractivity contribution is 7.17. The number of fused-ring (bicyclic) bond motifs is 1. The van der Waals surface area contributed by atoms with Gasteiger partial charge >= 0.3 is 0 Å². The predicted molar refractivity (Wildman–Crippen MR) is 104 cm³/mol. The fraction of sp³-hybridized carbons (Fsp3) is 0.278. The maximum absolute atomic E-state index is 12.1. The first kappa shape index (κ1) is 16.6. The molecular formula is C18H19N5O2S. The molecule has 1 aliphatic heterocycles. The van der Waals surface area contributed by atoms with Crippen molar-refractivity contribution < 1.29 is 4.79 Å². The summed E-state index contributed by atoms with van der Waals surface area (Å²) in [4.78, 5) is 35.6. The molecule has 0 spiro atoms. The summed E-state index contributed by atoms with van der Waals surface area (Å²) in [5.41, 5.74) is 2.42. The molecule has 0 aliphatic carbocycles. The Kier molecular flexibility index (Phi) is 4.34. The Bertz CT molecular complexity index is 987. The molecule has 2 N–H and O–H groups in total. The first-order chi connectivity index (χ1) is 12.7. The number of carbonyl (C=O) groups is 1. The number of anilines is 2. The van der Waals surface area contributed by atoms with Gasteiger partial charge in [0.25, 0.3) is 11.5 Å². The number of amides is 1. The first-order valence-corrected chi connectivity index (χ1v) is 9.33. The number of nitrogens with one attached hydrogen (secondary N) is 2. The topological polar surface area (TPSA) is 81.3 Å². The van der Waals surface area contributed by atoms with Gasteiger partial charge in [-0.05, 0) is 35.7 Å². The molecule has 2 aromatic heterocycles. The van der Waals surface area contributed by atoms with Gasteiger partial charge in [-0.15, -0.1) is 11.3 Å². The smallest absolute Gasteiger partial charge is 0.270 e. The minimum Gasteiger partial charge on any atom is -0.368 e. The summed E-state index contributed by atoms with van der Waals surface area (Å²) in [6, 6.07) is 9.49. The van der Waals surface area contributed by atoms with E-state index in [9.17, 15) is 9.59 Å². The molecular weight excluding hydrogens is 350 g/mol. The molecule has 1 aromatic carbocycles. The predicted octanol–water partition coefficient (Wildman–Crippen LogP) is 1.67. The average molecular weight is 369 g/mol. The number of hydrogen-bond acceptors (Lipinski definition) is 6. The van der Waals surface area contributed by atoms with Crippen LogP contribution in [-0.2, 0) is 0 Å². The molecule has 1 aliphatic rings. The molecule has 0 radical (unpaired) electrons. The lowest BCUT2D eigenvalue weighted by Crippen LogP contribution is -2.47. The summed E-state index contributed by atoms with van der Waals surface area (Å²) in [5.74, 6) is 0.552. The zero-order chi connectivity index (χ0) is 18.1. The third-order valence-electron chi connectivity index (χ3n) is 4.60. The summed E-state index contributed by atoms with van der Waals surface area (Å²) < 4.78 is 0.670. The van der Waals surface area contributed by atoms with Gasteiger partial charge in [0, 0.05) is 44.5 Å². The van der Waals surface area contributed by atoms with Crippen molar-refractivity contribution >= 4 is 39.1 Å². The number of carbonyl (C=O) groups excluding carboxylic acids is 1. The number of aromatic amines is 1. The lowest BCUT2D eigenvalue weighted by Gasteiger charge is -2.36. The number of H-pyrrole nitrogens is 1. The number of rotatable bonds is 3. The Morgan fingerprint density at radius 2 is 1.81 bits per heavy atom. The second-order valence-corrected chi connectivity index (χ2v) is 7.04. The highest BCUT2D eigenvalue weighted by atomic mass is 32.1. The molecule has 0 saturated carbocycles. The second-order valence-electron chi connectivity index (χ2n) is 6.12. The van der Waals surface area contributed by atoms with Gasteiger partial charge in [0.15, 0.2) is 0 Å². The van der Waals surface area contributed by atoms with Crippen molar-refractivity contribution in [3.63, 3.8) is 0 Å². The Morgan fingerprint density at radius 1 is 1.12 bits per heavy atom. The molecule has 3 aromatic rings. The van der Waals surface area contributed by atoms with Crippen LogP contribution in [0.5, 0.6) is 0 Å². The van der Waals surface area contributed by atoms with Crippen molar-refractivity contribution in [2.24, 2.45) is 0 Å². The summed E-state index contributed by atoms with van der Waals surface area (Å²) in [6.07, 6.45) is 0. The molecule has 134 valence electrons. The maximum Gasteiger partial charge on any atom is 0.270 e. The summed E-state index contributed by atoms with van der Waals surface area (Å²) in [6.45, 7) is 3.20. The molecule has 4 rings (SSSR count). The van der Waals surface area contributed by atoms with Crippen LogP contribution < -0.4 is 20.7 Å². The van der Waals surface area contributed by atoms with E-state index in [1.807, 2.05) is 35.7 Å². The minimum atomic E-state index is -0.0831. The summed E-state index contributed by atoms with van der Waals surface area (Å²) in [5, 5.41) is 4.51. The van der Waals surface area contributed by atoms with Crippen molar-refractivity contribution in [2.75, 3.05) is 43.0 Å². The Hall–Kier alpha value is -2.87. The third kappa shape index (κ3) is 3.03. The third-order valence-corrected chi connectivity index (χ3v) is 5.51. The maximum atomic E-state index is 12.1. The Labute approximate surface area is 154 Å². The molecule has 1 amide bonds. The minimum absolute atomic E-state index is 0.0766. The highest BCUT2D eigenvalue weighted by Gasteiger charge is 2.20. The molecule has 0 bridgehead atoms. The SMILES string of the molecule is CNC(=O)c1ccc(N2CCN(c3nc4ccsc4c(=O)[nH]3)CC2)cc1. The van der Waals surface area contributed by atoms with Crippen LogP contribution >= 0.6 is 11.3 Å². The fourth-order valence-corrected chi connectivity index (χ4v) is 3.88. The number of nitrogens with zero attached hydrogens (tertiary/aromatic N) is 3. The standard InChI is InChI=1S/C18H19N5O2S/c1-19-16(24)12-2-4-13(5-3-12)22-7-9-23(10-8-22)18-20-14-6-11-26-15(14)17(25)21-18/h2-6,11H,7-10H2,1H3,(H,19,24)(H,20,21,25). The molecule has 26 heavy (non-hydrogen) atoms. The van der Waals surface area contributed by atoms with Crippen LogP contribution in [0.15, 0.2) is 40.5 Å². The van der Waals surface area contributed by atoms with Gasteiger partial charge in [0.2, 0.25) is 5.95 Å². The van der Waals surface area contributed by atoms with Gasteiger partial charge in [0.05, 0.1) is 5.52 Å². The van der Waals surface area contributed by atoms with Crippen LogP contribution in [0.2, 0.25) is 0 Å². The largest absolute Gasteiger partial charge is 0.368 e. The normalized spacial score (nSPS) is 14.7. The van der Waals surface area contributed by atoms with E-state index in [1.165, 1.54) is 11.3 Å². The zero-order valence-corrected chi connectivity index (χ0v) is 15.2. The fourth-order valence-electron chi connectivity index (χ4n) is 3.15. The monoisotopic (exact) mass is 369 g/mol. The van der Waals surface area contributed by atoms with Crippen molar-refractivity contribution in [2.45, 2.75) is 0 Å². The van der Waals surface area contributed by atoms with Crippen molar-refractivity contribution in [3.05, 3.63) is 51.6 Å². The highest BCUT2D eigenvalue weighted by Crippen LogP contribution is 2.21. The second kappa shape index (κ2) is 6.80. The quantitative estimate of drug-likeness (QED) is 0.734. The van der Waals surface area contributed by atoms with Gasteiger partial charge in [0.1, 0.15) is 4.70 Å². The van der Waals surface area contributed by atoms with E-state index < -0.39 is 0 Å². The number of thiophene rings is 1. The number of aromatic nitrogens is 2. The lowest BCUT2D eigenvalue weighted by molar-refractivity contribution is 0.0963. The van der Waals surface area contributed by atoms with Crippen LogP contribution in [0.4, 0.5) is 11.6 Å². The van der Waals surface area contributed by atoms with Crippen molar-refractivity contribution in [1.29, 1.82) is 0 Å². The molecule has 1 fully saturated rings. The first-order valence-electron chi connectivity index (χ1n) is 8.45. The van der Waals surface area contributed by atoms with Crippen LogP contribution in [0.3, 0.4) is 0 Å². The summed E-state index contributed by atoms with van der Waals surface area (Å²) in [7, 11) is 1.63. The number of benzene rings is 1. The van der Waals surface area contributed by atoms with Gasteiger partial charge < -0.3 is 15.1 Å². The van der Waals surface area contributed by atoms with E-state index >= 15 is 0 Å². The van der Waals surface area contributed by atoms with E-state index in [0.717, 1.165) is 37.4 Å². The van der Waals surface area contributed by atoms with Gasteiger partial charge in [-0.25, -0.2) is 4.98 Å². The number of piperazine rings is 1. The molecule has 1 saturated heterocycles. The van der Waals surface area contributed by atoms with Crippen molar-refractivity contribution in [1.82, 2.24) is 15.3 Å². The molecule has 8 heteroatoms. The van der Waals surface area contributed by atoms with E-state index in [4.69, 9.17) is 0 Å². The van der Waals surface area contributed by atoms with Crippen LogP contribution in [0, 0.1) is 0 Å². The Morgan fingerprint density at radius 3 is 2.50 bits per heavy atom. The van der Waals surface area contributed by atoms with E-state index in [0.29, 0.717) is 16.2 Å². The van der Waals surface area contributed by atoms with Gasteiger partial charge in [-0.1, -0.05) is 0 Å². The van der Waals surface area contributed by atoms with Crippen molar-refractivity contribution in [3.8, 4) is 0 Å². The van der Waals surface area contributed by atoms with Gasteiger partial charge in [-0.2, -0.15) is 0 Å². The molecule has 0 atom stereocenters. The molecule has 0 unspecified atom stereocenters. The van der Waals surface area contributed by atoms with E-state index in [2.05, 4.69) is 25.1 Å². The zero-order valence-electron chi connectivity index (χ0n) is 14.4. The van der Waals surface area contributed by atoms with Crippen LogP contribution in [-0.4, -0.2) is 49.1 Å². The molecule has 3 heterocycles. The summed E-state index contributed by atoms with van der Waals surface area (Å²) >= 11 is 1.41. The Balaban J connectivity index is 1.46. The molecule has 7 nitrogen and oxygen atoms in total. The van der Waals surface area contributed by atoms with Crippen LogP contribution in [0.25, 0.3) is 10.2 Å². The lowest BCUT2D eigenvalue weighted by atomic mass is 10.1. The van der Waals surface area contributed by atoms with Gasteiger partial charge in [-0.3, -0.25) is 14.6 Å². The average Bonchev–Trinajstić information content (AvgIpc) is 3.17.